The Morgan fingerprint density at radius 2 is 1.97 bits per heavy atom. The van der Waals surface area contributed by atoms with Gasteiger partial charge >= 0.3 is 5.69 Å². The maximum absolute atomic E-state index is 13.5. The minimum atomic E-state index is -0.741. The highest BCUT2D eigenvalue weighted by Gasteiger charge is 2.35. The molecule has 9 nitrogen and oxygen atoms in total. The summed E-state index contributed by atoms with van der Waals surface area (Å²) in [4.78, 5) is 39.7. The van der Waals surface area contributed by atoms with E-state index in [2.05, 4.69) is 5.10 Å². The second-order valence-corrected chi connectivity index (χ2v) is 9.03. The van der Waals surface area contributed by atoms with Crippen molar-refractivity contribution in [2.45, 2.75) is 51.2 Å². The van der Waals surface area contributed by atoms with Gasteiger partial charge in [-0.1, -0.05) is 30.2 Å². The van der Waals surface area contributed by atoms with Crippen molar-refractivity contribution in [1.29, 1.82) is 5.26 Å². The molecular formula is C25H22ClN5O4. The molecule has 0 bridgehead atoms. The summed E-state index contributed by atoms with van der Waals surface area (Å²) in [5, 5.41) is 16.0. The number of halogens is 1. The molecule has 0 N–H and O–H groups in total. The molecule has 10 heteroatoms. The SMILES string of the molecule is N#Cc1c2n(c(=O)n(CC(=O)N3N=C(c4ccc(Cl)cc4)C[C@H]3c3ccco3)c1=O)CCCCC2. The summed E-state index contributed by atoms with van der Waals surface area (Å²) in [5.74, 6) is -0.0117. The second kappa shape index (κ2) is 9.39. The minimum Gasteiger partial charge on any atom is -0.467 e. The Labute approximate surface area is 205 Å². The number of carbonyl (C=O) groups is 1. The molecule has 35 heavy (non-hydrogen) atoms. The van der Waals surface area contributed by atoms with Gasteiger partial charge < -0.3 is 4.42 Å². The van der Waals surface area contributed by atoms with Gasteiger partial charge in [0.2, 0.25) is 0 Å². The van der Waals surface area contributed by atoms with Crippen molar-refractivity contribution in [3.63, 3.8) is 0 Å². The van der Waals surface area contributed by atoms with Gasteiger partial charge in [-0.05, 0) is 49.1 Å². The van der Waals surface area contributed by atoms with Crippen LogP contribution in [0.15, 0.2) is 61.8 Å². The van der Waals surface area contributed by atoms with Crippen molar-refractivity contribution in [2.75, 3.05) is 0 Å². The van der Waals surface area contributed by atoms with Crippen LogP contribution in [0.4, 0.5) is 0 Å². The third-order valence-electron chi connectivity index (χ3n) is 6.45. The molecule has 0 aliphatic carbocycles. The Hall–Kier alpha value is -3.90. The smallest absolute Gasteiger partial charge is 0.331 e. The molecule has 1 amide bonds. The van der Waals surface area contributed by atoms with Gasteiger partial charge in [-0.2, -0.15) is 10.4 Å². The molecular weight excluding hydrogens is 470 g/mol. The summed E-state index contributed by atoms with van der Waals surface area (Å²) in [6.45, 7) is -0.115. The Bertz CT molecular complexity index is 1460. The highest BCUT2D eigenvalue weighted by atomic mass is 35.5. The molecule has 0 radical (unpaired) electrons. The number of aromatic nitrogens is 2. The number of amides is 1. The predicted octanol–water partition coefficient (Wildman–Crippen LogP) is 3.23. The van der Waals surface area contributed by atoms with Crippen molar-refractivity contribution in [3.05, 3.63) is 91.1 Å². The van der Waals surface area contributed by atoms with Gasteiger partial charge in [0.25, 0.3) is 11.5 Å². The fourth-order valence-corrected chi connectivity index (χ4v) is 4.82. The fourth-order valence-electron chi connectivity index (χ4n) is 4.69. The van der Waals surface area contributed by atoms with Crippen LogP contribution in [-0.4, -0.2) is 25.8 Å². The number of nitriles is 1. The lowest BCUT2D eigenvalue weighted by Crippen LogP contribution is -2.46. The molecule has 0 saturated carbocycles. The molecule has 4 heterocycles. The molecule has 5 rings (SSSR count). The van der Waals surface area contributed by atoms with Crippen molar-refractivity contribution in [2.24, 2.45) is 5.10 Å². The molecule has 2 aliphatic rings. The van der Waals surface area contributed by atoms with E-state index in [0.717, 1.165) is 29.4 Å². The Morgan fingerprint density at radius 3 is 2.69 bits per heavy atom. The molecule has 0 spiro atoms. The summed E-state index contributed by atoms with van der Waals surface area (Å²) in [6, 6.07) is 12.0. The molecule has 0 fully saturated rings. The Morgan fingerprint density at radius 1 is 1.17 bits per heavy atom. The summed E-state index contributed by atoms with van der Waals surface area (Å²) < 4.78 is 7.88. The molecule has 178 valence electrons. The van der Waals surface area contributed by atoms with Crippen molar-refractivity contribution in [1.82, 2.24) is 14.1 Å². The lowest BCUT2D eigenvalue weighted by Gasteiger charge is -2.21. The second-order valence-electron chi connectivity index (χ2n) is 8.60. The quantitative estimate of drug-likeness (QED) is 0.556. The van der Waals surface area contributed by atoms with Crippen LogP contribution in [0.25, 0.3) is 0 Å². The van der Waals surface area contributed by atoms with E-state index >= 15 is 0 Å². The molecule has 2 aliphatic heterocycles. The third kappa shape index (κ3) is 4.21. The number of benzene rings is 1. The summed E-state index contributed by atoms with van der Waals surface area (Å²) in [7, 11) is 0. The van der Waals surface area contributed by atoms with Crippen molar-refractivity contribution in [3.8, 4) is 6.07 Å². The standard InChI is InChI=1S/C25H22ClN5O4/c26-17-9-7-16(8-10-17)19-13-21(22-6-4-12-35-22)31(28-19)23(32)15-30-24(33)18(14-27)20-5-2-1-3-11-29(20)25(30)34/h4,6-10,12,21H,1-3,5,11,13,15H2/t21-/m0/s1. The molecule has 3 aromatic rings. The lowest BCUT2D eigenvalue weighted by atomic mass is 10.0. The van der Waals surface area contributed by atoms with E-state index < -0.39 is 29.7 Å². The number of hydrazone groups is 1. The first-order valence-corrected chi connectivity index (χ1v) is 11.8. The minimum absolute atomic E-state index is 0.0753. The van der Waals surface area contributed by atoms with Crippen LogP contribution in [0.3, 0.4) is 0 Å². The Balaban J connectivity index is 1.53. The number of hydrogen-bond donors (Lipinski definition) is 0. The predicted molar refractivity (Wildman–Crippen MR) is 128 cm³/mol. The monoisotopic (exact) mass is 491 g/mol. The van der Waals surface area contributed by atoms with Crippen LogP contribution in [0.5, 0.6) is 0 Å². The van der Waals surface area contributed by atoms with Crippen LogP contribution in [-0.2, 0) is 24.3 Å². The highest BCUT2D eigenvalue weighted by Crippen LogP contribution is 2.33. The van der Waals surface area contributed by atoms with Gasteiger partial charge in [0.15, 0.2) is 0 Å². The van der Waals surface area contributed by atoms with Crippen molar-refractivity contribution >= 4 is 23.2 Å². The first-order valence-electron chi connectivity index (χ1n) is 11.4. The van der Waals surface area contributed by atoms with Crippen molar-refractivity contribution < 1.29 is 9.21 Å². The number of nitrogens with zero attached hydrogens (tertiary/aromatic N) is 5. The van der Waals surface area contributed by atoms with Gasteiger partial charge in [-0.25, -0.2) is 14.4 Å². The van der Waals surface area contributed by atoms with Crippen LogP contribution >= 0.6 is 11.6 Å². The largest absolute Gasteiger partial charge is 0.467 e. The third-order valence-corrected chi connectivity index (χ3v) is 6.70. The van der Waals surface area contributed by atoms with E-state index in [1.165, 1.54) is 15.8 Å². The van der Waals surface area contributed by atoms with Crippen LogP contribution in [0.2, 0.25) is 5.02 Å². The van der Waals surface area contributed by atoms with E-state index in [4.69, 9.17) is 16.0 Å². The first kappa shape index (κ1) is 22.9. The average Bonchev–Trinajstić information content (AvgIpc) is 3.48. The van der Waals surface area contributed by atoms with Crippen LogP contribution in [0, 0.1) is 11.3 Å². The molecule has 1 aromatic carbocycles. The number of fused-ring (bicyclic) bond motifs is 1. The molecule has 2 aromatic heterocycles. The van der Waals surface area contributed by atoms with Gasteiger partial charge in [-0.15, -0.1) is 0 Å². The van der Waals surface area contributed by atoms with E-state index in [0.29, 0.717) is 41.6 Å². The first-order chi connectivity index (χ1) is 17.0. The zero-order valence-electron chi connectivity index (χ0n) is 18.8. The Kier molecular flexibility index (Phi) is 6.14. The fraction of sp³-hybridized carbons (Fsp3) is 0.320. The number of hydrogen-bond acceptors (Lipinski definition) is 6. The van der Waals surface area contributed by atoms with Gasteiger partial charge in [0.05, 0.1) is 12.0 Å². The zero-order chi connectivity index (χ0) is 24.5. The summed E-state index contributed by atoms with van der Waals surface area (Å²) >= 11 is 6.01. The van der Waals surface area contributed by atoms with E-state index in [9.17, 15) is 19.6 Å². The van der Waals surface area contributed by atoms with E-state index in [1.54, 1.807) is 24.3 Å². The highest BCUT2D eigenvalue weighted by molar-refractivity contribution is 6.30. The average molecular weight is 492 g/mol. The normalized spacial score (nSPS) is 17.4. The zero-order valence-corrected chi connectivity index (χ0v) is 19.6. The van der Waals surface area contributed by atoms with E-state index in [1.807, 2.05) is 18.2 Å². The van der Waals surface area contributed by atoms with E-state index in [-0.39, 0.29) is 5.56 Å². The van der Waals surface area contributed by atoms with Gasteiger partial charge in [0.1, 0.15) is 30.0 Å². The van der Waals surface area contributed by atoms with Crippen LogP contribution in [0.1, 0.15) is 54.3 Å². The number of rotatable bonds is 4. The maximum atomic E-state index is 13.5. The summed E-state index contributed by atoms with van der Waals surface area (Å²) in [5.41, 5.74) is 0.523. The molecule has 1 atom stereocenters. The topological polar surface area (TPSA) is 114 Å². The number of carbonyl (C=O) groups excluding carboxylic acids is 1. The molecule has 0 unspecified atom stereocenters. The lowest BCUT2D eigenvalue weighted by molar-refractivity contribution is -0.134. The van der Waals surface area contributed by atoms with Crippen LogP contribution < -0.4 is 11.2 Å². The number of furan rings is 1. The molecule has 0 saturated heterocycles. The van der Waals surface area contributed by atoms with Gasteiger partial charge in [-0.3, -0.25) is 14.2 Å². The summed E-state index contributed by atoms with van der Waals surface area (Å²) in [6.07, 6.45) is 4.87. The maximum Gasteiger partial charge on any atom is 0.331 e. The van der Waals surface area contributed by atoms with Gasteiger partial charge in [0, 0.05) is 23.7 Å².